The Morgan fingerprint density at radius 2 is 1.19 bits per heavy atom. The molecule has 0 fully saturated rings. The lowest BCUT2D eigenvalue weighted by Crippen LogP contribution is -2.29. The summed E-state index contributed by atoms with van der Waals surface area (Å²) in [6.45, 7) is 1.02. The van der Waals surface area contributed by atoms with Gasteiger partial charge >= 0.3 is 18.3 Å². The molecule has 122 valence electrons. The maximum absolute atomic E-state index is 10.5. The number of rotatable bonds is 11. The summed E-state index contributed by atoms with van der Waals surface area (Å²) in [6, 6.07) is 0. The fourth-order valence-electron chi connectivity index (χ4n) is 1.92. The molecule has 0 heterocycles. The third-order valence-electron chi connectivity index (χ3n) is 2.92. The van der Waals surface area contributed by atoms with E-state index in [1.54, 1.807) is 0 Å². The minimum absolute atomic E-state index is 0.113. The van der Waals surface area contributed by atoms with E-state index in [4.69, 9.17) is 15.3 Å². The molecule has 6 N–H and O–H groups in total. The van der Waals surface area contributed by atoms with Gasteiger partial charge in [0.05, 0.1) is 0 Å². The molecule has 0 bridgehead atoms. The molecule has 1 unspecified atom stereocenters. The zero-order chi connectivity index (χ0) is 16.1. The second-order valence-electron chi connectivity index (χ2n) is 4.65. The van der Waals surface area contributed by atoms with Crippen molar-refractivity contribution >= 4 is 18.3 Å². The fourth-order valence-corrected chi connectivity index (χ4v) is 1.92. The predicted octanol–water partition coefficient (Wildman–Crippen LogP) is 1.36. The molecule has 0 aromatic rings. The number of nitrogens with one attached hydrogen (secondary N) is 3. The molecule has 0 radical (unpaired) electrons. The van der Waals surface area contributed by atoms with Gasteiger partial charge in [-0.15, -0.1) is 0 Å². The molecule has 0 aliphatic carbocycles. The topological polar surface area (TPSA) is 148 Å². The standard InChI is InChI=1S/C12H23N3O6/c16-10(17)13-6-2-1-4-9(8-15-12(20)21)5-3-7-14-11(18)19/h9,13-15H,1-8H2,(H,16,17)(H,18,19)(H,20,21). The van der Waals surface area contributed by atoms with Crippen molar-refractivity contribution in [1.82, 2.24) is 16.0 Å². The molecule has 0 aromatic carbocycles. The van der Waals surface area contributed by atoms with Crippen molar-refractivity contribution in [2.24, 2.45) is 5.92 Å². The Bertz CT molecular complexity index is 337. The van der Waals surface area contributed by atoms with Crippen LogP contribution >= 0.6 is 0 Å². The third-order valence-corrected chi connectivity index (χ3v) is 2.92. The molecule has 0 rings (SSSR count). The summed E-state index contributed by atoms with van der Waals surface area (Å²) in [5.74, 6) is 0.113. The van der Waals surface area contributed by atoms with Crippen LogP contribution in [0, 0.1) is 5.92 Å². The van der Waals surface area contributed by atoms with E-state index >= 15 is 0 Å². The van der Waals surface area contributed by atoms with Crippen LogP contribution < -0.4 is 16.0 Å². The zero-order valence-corrected chi connectivity index (χ0v) is 11.8. The Kier molecular flexibility index (Phi) is 10.4. The van der Waals surface area contributed by atoms with E-state index in [9.17, 15) is 14.4 Å². The van der Waals surface area contributed by atoms with Crippen LogP contribution in [0.25, 0.3) is 0 Å². The van der Waals surface area contributed by atoms with Crippen LogP contribution in [-0.2, 0) is 0 Å². The fraction of sp³-hybridized carbons (Fsp3) is 0.750. The largest absolute Gasteiger partial charge is 0.465 e. The molecule has 3 amide bonds. The van der Waals surface area contributed by atoms with Crippen LogP contribution in [0.4, 0.5) is 14.4 Å². The first-order chi connectivity index (χ1) is 9.91. The minimum Gasteiger partial charge on any atom is -0.465 e. The highest BCUT2D eigenvalue weighted by Gasteiger charge is 2.10. The minimum atomic E-state index is -1.09. The van der Waals surface area contributed by atoms with Gasteiger partial charge in [0.1, 0.15) is 0 Å². The third kappa shape index (κ3) is 14.0. The molecule has 0 saturated carbocycles. The van der Waals surface area contributed by atoms with Gasteiger partial charge in [-0.3, -0.25) is 0 Å². The van der Waals surface area contributed by atoms with Crippen molar-refractivity contribution in [3.8, 4) is 0 Å². The summed E-state index contributed by atoms with van der Waals surface area (Å²) < 4.78 is 0. The van der Waals surface area contributed by atoms with E-state index in [1.807, 2.05) is 0 Å². The first-order valence-corrected chi connectivity index (χ1v) is 6.82. The summed E-state index contributed by atoms with van der Waals surface area (Å²) in [6.07, 6.45) is 0.333. The molecule has 21 heavy (non-hydrogen) atoms. The zero-order valence-electron chi connectivity index (χ0n) is 11.8. The van der Waals surface area contributed by atoms with Gasteiger partial charge in [0.15, 0.2) is 0 Å². The maximum Gasteiger partial charge on any atom is 0.404 e. The van der Waals surface area contributed by atoms with Crippen LogP contribution in [0.5, 0.6) is 0 Å². The van der Waals surface area contributed by atoms with Crippen molar-refractivity contribution in [2.45, 2.75) is 32.1 Å². The number of carboxylic acid groups (broad SMARTS) is 3. The summed E-state index contributed by atoms with van der Waals surface area (Å²) >= 11 is 0. The van der Waals surface area contributed by atoms with Gasteiger partial charge in [0, 0.05) is 19.6 Å². The quantitative estimate of drug-likeness (QED) is 0.317. The first kappa shape index (κ1) is 18.8. The summed E-state index contributed by atoms with van der Waals surface area (Å²) in [7, 11) is 0. The first-order valence-electron chi connectivity index (χ1n) is 6.82. The molecule has 1 atom stereocenters. The van der Waals surface area contributed by atoms with Gasteiger partial charge in [-0.05, 0) is 31.6 Å². The predicted molar refractivity (Wildman–Crippen MR) is 74.7 cm³/mol. The summed E-state index contributed by atoms with van der Waals surface area (Å²) in [5.41, 5.74) is 0. The molecule has 0 saturated heterocycles. The van der Waals surface area contributed by atoms with E-state index in [0.29, 0.717) is 38.9 Å². The van der Waals surface area contributed by atoms with Crippen molar-refractivity contribution in [3.63, 3.8) is 0 Å². The number of amides is 3. The smallest absolute Gasteiger partial charge is 0.404 e. The van der Waals surface area contributed by atoms with Gasteiger partial charge in [-0.25, -0.2) is 14.4 Å². The number of hydrogen-bond donors (Lipinski definition) is 6. The van der Waals surface area contributed by atoms with Crippen LogP contribution in [0.15, 0.2) is 0 Å². The Balaban J connectivity index is 3.87. The number of unbranched alkanes of at least 4 members (excludes halogenated alkanes) is 1. The normalized spacial score (nSPS) is 11.4. The van der Waals surface area contributed by atoms with Crippen molar-refractivity contribution in [1.29, 1.82) is 0 Å². The van der Waals surface area contributed by atoms with E-state index < -0.39 is 18.3 Å². The van der Waals surface area contributed by atoms with Gasteiger partial charge in [-0.1, -0.05) is 6.42 Å². The van der Waals surface area contributed by atoms with E-state index in [2.05, 4.69) is 16.0 Å². The lowest BCUT2D eigenvalue weighted by molar-refractivity contribution is 0.189. The van der Waals surface area contributed by atoms with Crippen LogP contribution in [0.1, 0.15) is 32.1 Å². The molecular weight excluding hydrogens is 282 g/mol. The second kappa shape index (κ2) is 11.6. The molecule has 9 nitrogen and oxygen atoms in total. The van der Waals surface area contributed by atoms with Gasteiger partial charge in [0.25, 0.3) is 0 Å². The van der Waals surface area contributed by atoms with Gasteiger partial charge in [0.2, 0.25) is 0 Å². The van der Waals surface area contributed by atoms with E-state index in [-0.39, 0.29) is 5.92 Å². The van der Waals surface area contributed by atoms with Crippen molar-refractivity contribution in [3.05, 3.63) is 0 Å². The number of hydrogen-bond acceptors (Lipinski definition) is 3. The Labute approximate surface area is 122 Å². The second-order valence-corrected chi connectivity index (χ2v) is 4.65. The average Bonchev–Trinajstić information content (AvgIpc) is 2.38. The molecule has 0 aliphatic heterocycles. The van der Waals surface area contributed by atoms with Crippen LogP contribution in [0.3, 0.4) is 0 Å². The van der Waals surface area contributed by atoms with Gasteiger partial charge < -0.3 is 31.3 Å². The lowest BCUT2D eigenvalue weighted by Gasteiger charge is -2.16. The van der Waals surface area contributed by atoms with Crippen LogP contribution in [-0.4, -0.2) is 53.2 Å². The number of carbonyl (C=O) groups is 3. The Hall–Kier alpha value is -2.19. The highest BCUT2D eigenvalue weighted by molar-refractivity contribution is 5.64. The van der Waals surface area contributed by atoms with Crippen molar-refractivity contribution < 1.29 is 29.7 Å². The Morgan fingerprint density at radius 1 is 0.714 bits per heavy atom. The molecule has 9 heteroatoms. The molecular formula is C12H23N3O6. The molecule has 0 aromatic heterocycles. The molecule has 0 spiro atoms. The SMILES string of the molecule is O=C(O)NCCCCC(CCCNC(=O)O)CNC(=O)O. The van der Waals surface area contributed by atoms with Gasteiger partial charge in [-0.2, -0.15) is 0 Å². The molecule has 0 aliphatic rings. The lowest BCUT2D eigenvalue weighted by atomic mass is 9.96. The highest BCUT2D eigenvalue weighted by Crippen LogP contribution is 2.14. The van der Waals surface area contributed by atoms with Crippen molar-refractivity contribution in [2.75, 3.05) is 19.6 Å². The summed E-state index contributed by atoms with van der Waals surface area (Å²) in [5, 5.41) is 32.3. The highest BCUT2D eigenvalue weighted by atomic mass is 16.4. The Morgan fingerprint density at radius 3 is 1.71 bits per heavy atom. The van der Waals surface area contributed by atoms with E-state index in [0.717, 1.165) is 12.8 Å². The average molecular weight is 305 g/mol. The maximum atomic E-state index is 10.5. The van der Waals surface area contributed by atoms with Crippen LogP contribution in [0.2, 0.25) is 0 Å². The monoisotopic (exact) mass is 305 g/mol. The van der Waals surface area contributed by atoms with E-state index in [1.165, 1.54) is 0 Å². The summed E-state index contributed by atoms with van der Waals surface area (Å²) in [4.78, 5) is 31.1.